The molecule has 5 N–H and O–H groups in total. The van der Waals surface area contributed by atoms with Gasteiger partial charge in [0.2, 0.25) is 11.8 Å². The van der Waals surface area contributed by atoms with Crippen LogP contribution in [-0.4, -0.2) is 46.8 Å². The maximum absolute atomic E-state index is 12.9. The van der Waals surface area contributed by atoms with Gasteiger partial charge in [-0.2, -0.15) is 0 Å². The molecule has 0 unspecified atom stereocenters. The van der Waals surface area contributed by atoms with Gasteiger partial charge in [-0.25, -0.2) is 0 Å². The van der Waals surface area contributed by atoms with E-state index in [1.807, 2.05) is 30.3 Å². The molecule has 4 atom stereocenters. The minimum atomic E-state index is -0.550. The molecular weight excluding hydrogens is 368 g/mol. The first-order valence-corrected chi connectivity index (χ1v) is 9.24. The summed E-state index contributed by atoms with van der Waals surface area (Å²) in [4.78, 5) is 39.1. The zero-order valence-corrected chi connectivity index (χ0v) is 16.2. The lowest BCUT2D eigenvalue weighted by atomic mass is 9.97. The van der Waals surface area contributed by atoms with Crippen LogP contribution in [0.4, 0.5) is 0 Å². The predicted octanol–water partition coefficient (Wildman–Crippen LogP) is -3.42. The predicted molar refractivity (Wildman–Crippen MR) is 95.5 cm³/mol. The lowest BCUT2D eigenvalue weighted by Crippen LogP contribution is -3.00. The van der Waals surface area contributed by atoms with Crippen molar-refractivity contribution in [3.63, 3.8) is 0 Å². The van der Waals surface area contributed by atoms with Crippen LogP contribution in [0.25, 0.3) is 0 Å². The molecule has 0 aromatic heterocycles. The van der Waals surface area contributed by atoms with Crippen LogP contribution in [0.15, 0.2) is 30.3 Å². The van der Waals surface area contributed by atoms with Gasteiger partial charge in [0.05, 0.1) is 0 Å². The highest BCUT2D eigenvalue weighted by Crippen LogP contribution is 2.32. The second kappa shape index (κ2) is 9.19. The summed E-state index contributed by atoms with van der Waals surface area (Å²) in [5.41, 5.74) is 4.71. The van der Waals surface area contributed by atoms with Crippen molar-refractivity contribution in [1.82, 2.24) is 15.5 Å². The number of carbonyl (C=O) groups excluding carboxylic acids is 3. The van der Waals surface area contributed by atoms with E-state index in [0.717, 1.165) is 18.4 Å². The summed E-state index contributed by atoms with van der Waals surface area (Å²) < 4.78 is 0. The number of halogens is 1. The highest BCUT2D eigenvalue weighted by atomic mass is 35.5. The molecule has 7 nitrogen and oxygen atoms in total. The first kappa shape index (κ1) is 21.2. The molecule has 2 aliphatic rings. The van der Waals surface area contributed by atoms with Gasteiger partial charge >= 0.3 is 0 Å². The van der Waals surface area contributed by atoms with Crippen LogP contribution >= 0.6 is 0 Å². The van der Waals surface area contributed by atoms with Crippen molar-refractivity contribution in [1.29, 1.82) is 0 Å². The van der Waals surface area contributed by atoms with Crippen LogP contribution in [0.2, 0.25) is 0 Å². The Kier molecular flexibility index (Phi) is 7.21. The molecule has 1 aromatic carbocycles. The molecule has 0 aliphatic carbocycles. The Labute approximate surface area is 165 Å². The van der Waals surface area contributed by atoms with E-state index in [9.17, 15) is 14.4 Å². The molecule has 0 spiro atoms. The number of quaternary nitrogens is 1. The van der Waals surface area contributed by atoms with E-state index in [0.29, 0.717) is 19.4 Å². The second-order valence-electron chi connectivity index (χ2n) is 7.24. The average molecular weight is 395 g/mol. The largest absolute Gasteiger partial charge is 1.00 e. The second-order valence-corrected chi connectivity index (χ2v) is 7.24. The molecule has 0 radical (unpaired) electrons. The van der Waals surface area contributed by atoms with E-state index in [2.05, 4.69) is 16.4 Å². The average Bonchev–Trinajstić information content (AvgIpc) is 3.07. The van der Waals surface area contributed by atoms with E-state index in [1.54, 1.807) is 11.8 Å². The highest BCUT2D eigenvalue weighted by molar-refractivity contribution is 5.93. The number of nitrogens with zero attached hydrogens (tertiary/aromatic N) is 1. The third kappa shape index (κ3) is 4.78. The molecular formula is C19H27ClN4O3. The number of carbonyl (C=O) groups is 3. The summed E-state index contributed by atoms with van der Waals surface area (Å²) in [6.45, 7) is 2.14. The SMILES string of the molecule is C[C@H]([NH3+])C(=O)N[C@H]1CC[C@@H]2CC[C@@H](C(=O)NCc3ccccc3)N2C1=O.[Cl-]. The van der Waals surface area contributed by atoms with Crippen LogP contribution in [-0.2, 0) is 20.9 Å². The van der Waals surface area contributed by atoms with Crippen molar-refractivity contribution in [2.24, 2.45) is 0 Å². The number of benzene rings is 1. The van der Waals surface area contributed by atoms with Gasteiger partial charge < -0.3 is 33.7 Å². The van der Waals surface area contributed by atoms with E-state index in [1.165, 1.54) is 0 Å². The highest BCUT2D eigenvalue weighted by Gasteiger charge is 2.46. The Morgan fingerprint density at radius 1 is 1.19 bits per heavy atom. The van der Waals surface area contributed by atoms with Crippen molar-refractivity contribution >= 4 is 17.7 Å². The molecule has 2 heterocycles. The minimum Gasteiger partial charge on any atom is -1.00 e. The van der Waals surface area contributed by atoms with Crippen molar-refractivity contribution in [3.8, 4) is 0 Å². The van der Waals surface area contributed by atoms with Gasteiger partial charge in [0, 0.05) is 12.6 Å². The smallest absolute Gasteiger partial charge is 0.278 e. The number of piperidine rings is 1. The zero-order chi connectivity index (χ0) is 18.7. The van der Waals surface area contributed by atoms with Crippen molar-refractivity contribution in [2.75, 3.05) is 0 Å². The number of amides is 3. The Bertz CT molecular complexity index is 683. The van der Waals surface area contributed by atoms with Crippen LogP contribution in [0.1, 0.15) is 38.2 Å². The third-order valence-electron chi connectivity index (χ3n) is 5.22. The van der Waals surface area contributed by atoms with Gasteiger partial charge in [-0.15, -0.1) is 0 Å². The molecule has 3 amide bonds. The quantitative estimate of drug-likeness (QED) is 0.484. The summed E-state index contributed by atoms with van der Waals surface area (Å²) in [6, 6.07) is 8.38. The molecule has 2 aliphatic heterocycles. The van der Waals surface area contributed by atoms with Crippen LogP contribution < -0.4 is 28.8 Å². The normalized spacial score (nSPS) is 25.2. The monoisotopic (exact) mass is 394 g/mol. The Hall–Kier alpha value is -2.12. The van der Waals surface area contributed by atoms with E-state index in [4.69, 9.17) is 0 Å². The Morgan fingerprint density at radius 2 is 1.85 bits per heavy atom. The molecule has 2 saturated heterocycles. The van der Waals surface area contributed by atoms with Gasteiger partial charge in [0.1, 0.15) is 12.1 Å². The summed E-state index contributed by atoms with van der Waals surface area (Å²) in [7, 11) is 0. The zero-order valence-electron chi connectivity index (χ0n) is 15.5. The Balaban J connectivity index is 0.00000261. The topological polar surface area (TPSA) is 106 Å². The van der Waals surface area contributed by atoms with Crippen LogP contribution in [0, 0.1) is 0 Å². The maximum atomic E-state index is 12.9. The molecule has 2 fully saturated rings. The third-order valence-corrected chi connectivity index (χ3v) is 5.22. The standard InChI is InChI=1S/C19H26N4O3.ClH/c1-12(20)17(24)22-15-9-7-14-8-10-16(23(14)19(15)26)18(25)21-11-13-5-3-2-4-6-13;/h2-6,12,14-16H,7-11,20H2,1H3,(H,21,25)(H,22,24);1H/t12-,14+,15-,16-;/m0./s1. The van der Waals surface area contributed by atoms with Gasteiger partial charge in [-0.1, -0.05) is 30.3 Å². The first-order chi connectivity index (χ1) is 12.5. The molecule has 8 heteroatoms. The molecule has 1 aromatic rings. The van der Waals surface area contributed by atoms with Gasteiger partial charge in [-0.05, 0) is 38.2 Å². The summed E-state index contributed by atoms with van der Waals surface area (Å²) in [5.74, 6) is -0.499. The van der Waals surface area contributed by atoms with Crippen LogP contribution in [0.5, 0.6) is 0 Å². The summed E-state index contributed by atoms with van der Waals surface area (Å²) in [6.07, 6.45) is 2.94. The lowest BCUT2D eigenvalue weighted by molar-refractivity contribution is -0.398. The lowest BCUT2D eigenvalue weighted by Gasteiger charge is -2.37. The molecule has 27 heavy (non-hydrogen) atoms. The first-order valence-electron chi connectivity index (χ1n) is 9.24. The van der Waals surface area contributed by atoms with Gasteiger partial charge in [0.15, 0.2) is 6.04 Å². The maximum Gasteiger partial charge on any atom is 0.278 e. The van der Waals surface area contributed by atoms with Crippen LogP contribution in [0.3, 0.4) is 0 Å². The number of rotatable bonds is 5. The number of nitrogens with one attached hydrogen (secondary N) is 2. The number of fused-ring (bicyclic) bond motifs is 1. The summed E-state index contributed by atoms with van der Waals surface area (Å²) >= 11 is 0. The van der Waals surface area contributed by atoms with E-state index >= 15 is 0 Å². The van der Waals surface area contributed by atoms with Crippen molar-refractivity contribution < 1.29 is 32.5 Å². The Morgan fingerprint density at radius 3 is 2.52 bits per heavy atom. The molecule has 3 rings (SSSR count). The molecule has 0 saturated carbocycles. The van der Waals surface area contributed by atoms with E-state index < -0.39 is 18.1 Å². The van der Waals surface area contributed by atoms with Gasteiger partial charge in [0.25, 0.3) is 5.91 Å². The fourth-order valence-corrected chi connectivity index (χ4v) is 3.77. The fraction of sp³-hybridized carbons (Fsp3) is 0.526. The number of hydrogen-bond acceptors (Lipinski definition) is 3. The van der Waals surface area contributed by atoms with Crippen molar-refractivity contribution in [2.45, 2.75) is 63.3 Å². The van der Waals surface area contributed by atoms with Gasteiger partial charge in [-0.3, -0.25) is 14.4 Å². The van der Waals surface area contributed by atoms with Crippen molar-refractivity contribution in [3.05, 3.63) is 35.9 Å². The minimum absolute atomic E-state index is 0. The molecule has 0 bridgehead atoms. The molecule has 148 valence electrons. The summed E-state index contributed by atoms with van der Waals surface area (Å²) in [5, 5.41) is 5.71. The number of hydrogen-bond donors (Lipinski definition) is 3. The van der Waals surface area contributed by atoms with E-state index in [-0.39, 0.29) is 36.2 Å². The fourth-order valence-electron chi connectivity index (χ4n) is 3.77.